The van der Waals surface area contributed by atoms with Crippen LogP contribution in [0.15, 0.2) is 58.2 Å². The van der Waals surface area contributed by atoms with Crippen LogP contribution in [0.4, 0.5) is 8.78 Å². The molecule has 2 aromatic carbocycles. The predicted molar refractivity (Wildman–Crippen MR) is 77.9 cm³/mol. The third kappa shape index (κ3) is 4.13. The Balaban J connectivity index is 1.88. The van der Waals surface area contributed by atoms with Gasteiger partial charge in [-0.15, -0.1) is 0 Å². The lowest BCUT2D eigenvalue weighted by atomic mass is 10.1. The van der Waals surface area contributed by atoms with Gasteiger partial charge in [0, 0.05) is 15.6 Å². The Bertz CT molecular complexity index is 585. The molecule has 0 aliphatic heterocycles. The molecule has 5 heteroatoms. The van der Waals surface area contributed by atoms with Gasteiger partial charge >= 0.3 is 0 Å². The van der Waals surface area contributed by atoms with E-state index >= 15 is 0 Å². The molecule has 0 unspecified atom stereocenters. The molecule has 0 radical (unpaired) electrons. The second-order valence-electron chi connectivity index (χ2n) is 4.07. The average molecular weight is 340 g/mol. The van der Waals surface area contributed by atoms with Gasteiger partial charge in [-0.05, 0) is 11.6 Å². The number of halogens is 3. The molecule has 2 nitrogen and oxygen atoms in total. The van der Waals surface area contributed by atoms with Crippen molar-refractivity contribution in [1.82, 2.24) is 0 Å². The molecule has 0 heterocycles. The van der Waals surface area contributed by atoms with E-state index in [2.05, 4.69) is 21.1 Å². The second kappa shape index (κ2) is 7.14. The van der Waals surface area contributed by atoms with Gasteiger partial charge in [0.05, 0.1) is 6.21 Å². The van der Waals surface area contributed by atoms with Gasteiger partial charge in [-0.2, -0.15) is 0 Å². The predicted octanol–water partition coefficient (Wildman–Crippen LogP) is 4.94. The lowest BCUT2D eigenvalue weighted by Gasteiger charge is -2.02. The third-order valence-corrected chi connectivity index (χ3v) is 3.36. The molecule has 0 spiro atoms. The van der Waals surface area contributed by atoms with Crippen LogP contribution in [-0.4, -0.2) is 6.21 Å². The van der Waals surface area contributed by atoms with Crippen LogP contribution in [0.25, 0.3) is 0 Å². The highest BCUT2D eigenvalue weighted by atomic mass is 79.9. The fourth-order valence-corrected chi connectivity index (χ4v) is 1.93. The minimum atomic E-state index is -2.45. The summed E-state index contributed by atoms with van der Waals surface area (Å²) in [5.74, 6) is 0. The standard InChI is InChI=1S/C15H12BrF2NO/c16-14-4-2-1-3-13(14)9-19-20-10-11-5-7-12(8-6-11)15(17)18/h1-9,15H,10H2. The van der Waals surface area contributed by atoms with Crippen molar-refractivity contribution in [2.24, 2.45) is 5.16 Å². The fourth-order valence-electron chi connectivity index (χ4n) is 1.54. The summed E-state index contributed by atoms with van der Waals surface area (Å²) in [5.41, 5.74) is 1.70. The zero-order valence-corrected chi connectivity index (χ0v) is 12.1. The Kier molecular flexibility index (Phi) is 5.24. The maximum Gasteiger partial charge on any atom is 0.263 e. The highest BCUT2D eigenvalue weighted by molar-refractivity contribution is 9.10. The molecule has 0 atom stereocenters. The Hall–Kier alpha value is -1.75. The van der Waals surface area contributed by atoms with Gasteiger partial charge in [-0.25, -0.2) is 8.78 Å². The number of rotatable bonds is 5. The van der Waals surface area contributed by atoms with Crippen LogP contribution in [-0.2, 0) is 11.4 Å². The largest absolute Gasteiger partial charge is 0.391 e. The van der Waals surface area contributed by atoms with Gasteiger partial charge in [-0.3, -0.25) is 0 Å². The Morgan fingerprint density at radius 2 is 1.80 bits per heavy atom. The van der Waals surface area contributed by atoms with E-state index in [0.717, 1.165) is 15.6 Å². The van der Waals surface area contributed by atoms with E-state index in [4.69, 9.17) is 4.84 Å². The molecule has 2 rings (SSSR count). The summed E-state index contributed by atoms with van der Waals surface area (Å²) in [6.07, 6.45) is -0.851. The quantitative estimate of drug-likeness (QED) is 0.558. The first-order chi connectivity index (χ1) is 9.66. The monoisotopic (exact) mass is 339 g/mol. The number of hydrogen-bond donors (Lipinski definition) is 0. The minimum absolute atomic E-state index is 0.00506. The summed E-state index contributed by atoms with van der Waals surface area (Å²) < 4.78 is 25.7. The molecule has 0 aliphatic rings. The lowest BCUT2D eigenvalue weighted by Crippen LogP contribution is -1.90. The molecule has 20 heavy (non-hydrogen) atoms. The molecule has 0 saturated heterocycles. The normalized spacial score (nSPS) is 11.2. The Labute approximate surface area is 124 Å². The van der Waals surface area contributed by atoms with Crippen LogP contribution in [0.5, 0.6) is 0 Å². The summed E-state index contributed by atoms with van der Waals surface area (Å²) in [6, 6.07) is 13.6. The molecule has 104 valence electrons. The van der Waals surface area contributed by atoms with Gasteiger partial charge in [0.25, 0.3) is 6.43 Å². The lowest BCUT2D eigenvalue weighted by molar-refractivity contribution is 0.131. The van der Waals surface area contributed by atoms with Crippen molar-refractivity contribution < 1.29 is 13.6 Å². The number of oxime groups is 1. The number of hydrogen-bond acceptors (Lipinski definition) is 2. The zero-order valence-electron chi connectivity index (χ0n) is 10.5. The Morgan fingerprint density at radius 3 is 2.45 bits per heavy atom. The molecule has 2 aromatic rings. The molecule has 0 amide bonds. The molecule has 0 N–H and O–H groups in total. The first-order valence-corrected chi connectivity index (χ1v) is 6.73. The number of alkyl halides is 2. The molecule has 0 aliphatic carbocycles. The van der Waals surface area contributed by atoms with Gasteiger partial charge in [0.15, 0.2) is 0 Å². The van der Waals surface area contributed by atoms with Gasteiger partial charge in [0.1, 0.15) is 6.61 Å². The molecule has 0 fully saturated rings. The van der Waals surface area contributed by atoms with Crippen LogP contribution < -0.4 is 0 Å². The van der Waals surface area contributed by atoms with Crippen LogP contribution in [0.2, 0.25) is 0 Å². The molecule has 0 bridgehead atoms. The molecule has 0 aromatic heterocycles. The van der Waals surface area contributed by atoms with Crippen molar-refractivity contribution in [3.63, 3.8) is 0 Å². The third-order valence-electron chi connectivity index (χ3n) is 2.63. The van der Waals surface area contributed by atoms with E-state index in [1.807, 2.05) is 24.3 Å². The van der Waals surface area contributed by atoms with Crippen LogP contribution >= 0.6 is 15.9 Å². The fraction of sp³-hybridized carbons (Fsp3) is 0.133. The van der Waals surface area contributed by atoms with Crippen LogP contribution in [0.1, 0.15) is 23.1 Å². The summed E-state index contributed by atoms with van der Waals surface area (Å²) in [4.78, 5) is 5.14. The van der Waals surface area contributed by atoms with E-state index in [1.54, 1.807) is 18.3 Å². The van der Waals surface area contributed by atoms with E-state index in [-0.39, 0.29) is 12.2 Å². The summed E-state index contributed by atoms with van der Waals surface area (Å²) in [6.45, 7) is 0.241. The van der Waals surface area contributed by atoms with E-state index < -0.39 is 6.43 Å². The van der Waals surface area contributed by atoms with Gasteiger partial charge < -0.3 is 4.84 Å². The van der Waals surface area contributed by atoms with Crippen molar-refractivity contribution in [2.75, 3.05) is 0 Å². The molecular weight excluding hydrogens is 328 g/mol. The van der Waals surface area contributed by atoms with Crippen molar-refractivity contribution in [3.05, 3.63) is 69.7 Å². The molecular formula is C15H12BrF2NO. The Morgan fingerprint density at radius 1 is 1.10 bits per heavy atom. The highest BCUT2D eigenvalue weighted by Crippen LogP contribution is 2.19. The minimum Gasteiger partial charge on any atom is -0.391 e. The van der Waals surface area contributed by atoms with Crippen LogP contribution in [0, 0.1) is 0 Å². The van der Waals surface area contributed by atoms with E-state index in [9.17, 15) is 8.78 Å². The van der Waals surface area contributed by atoms with Gasteiger partial charge in [0.2, 0.25) is 0 Å². The maximum atomic E-state index is 12.4. The van der Waals surface area contributed by atoms with Crippen LogP contribution in [0.3, 0.4) is 0 Å². The summed E-state index contributed by atoms with van der Waals surface area (Å²) >= 11 is 3.40. The maximum absolute atomic E-state index is 12.4. The van der Waals surface area contributed by atoms with E-state index in [0.29, 0.717) is 0 Å². The smallest absolute Gasteiger partial charge is 0.263 e. The highest BCUT2D eigenvalue weighted by Gasteiger charge is 2.05. The van der Waals surface area contributed by atoms with Crippen molar-refractivity contribution >= 4 is 22.1 Å². The van der Waals surface area contributed by atoms with Crippen molar-refractivity contribution in [3.8, 4) is 0 Å². The van der Waals surface area contributed by atoms with Gasteiger partial charge in [-0.1, -0.05) is 63.6 Å². The molecule has 0 saturated carbocycles. The summed E-state index contributed by atoms with van der Waals surface area (Å²) in [7, 11) is 0. The first-order valence-electron chi connectivity index (χ1n) is 5.93. The SMILES string of the molecule is FC(F)c1ccc(CON=Cc2ccccc2Br)cc1. The number of benzene rings is 2. The van der Waals surface area contributed by atoms with Crippen molar-refractivity contribution in [2.45, 2.75) is 13.0 Å². The topological polar surface area (TPSA) is 21.6 Å². The summed E-state index contributed by atoms with van der Waals surface area (Å²) in [5, 5.41) is 3.85. The van der Waals surface area contributed by atoms with E-state index in [1.165, 1.54) is 12.1 Å². The first kappa shape index (κ1) is 14.7. The second-order valence-corrected chi connectivity index (χ2v) is 4.93. The van der Waals surface area contributed by atoms with Crippen molar-refractivity contribution in [1.29, 1.82) is 0 Å². The number of nitrogens with zero attached hydrogens (tertiary/aromatic N) is 1. The average Bonchev–Trinajstić information content (AvgIpc) is 2.46. The zero-order chi connectivity index (χ0) is 14.4.